The Morgan fingerprint density at radius 3 is 2.76 bits per heavy atom. The Labute approximate surface area is 197 Å². The van der Waals surface area contributed by atoms with Crippen molar-refractivity contribution >= 4 is 28.5 Å². The van der Waals surface area contributed by atoms with Gasteiger partial charge in [-0.05, 0) is 55.7 Å². The summed E-state index contributed by atoms with van der Waals surface area (Å²) < 4.78 is 11.9. The van der Waals surface area contributed by atoms with E-state index in [0.29, 0.717) is 30.3 Å². The van der Waals surface area contributed by atoms with Gasteiger partial charge in [0.05, 0.1) is 17.6 Å². The fourth-order valence-corrected chi connectivity index (χ4v) is 4.30. The van der Waals surface area contributed by atoms with E-state index in [4.69, 9.17) is 21.1 Å². The zero-order valence-corrected chi connectivity index (χ0v) is 19.2. The highest BCUT2D eigenvalue weighted by molar-refractivity contribution is 6.30. The average molecular weight is 470 g/mol. The molecule has 0 saturated heterocycles. The fourth-order valence-electron chi connectivity index (χ4n) is 4.17. The minimum Gasteiger partial charge on any atom is -0.459 e. The van der Waals surface area contributed by atoms with Crippen molar-refractivity contribution in [2.45, 2.75) is 38.5 Å². The van der Waals surface area contributed by atoms with Crippen molar-refractivity contribution in [3.05, 3.63) is 76.8 Å². The molecular weight excluding hydrogens is 442 g/mol. The number of halogens is 1. The summed E-state index contributed by atoms with van der Waals surface area (Å²) in [6.45, 7) is 2.66. The number of aromatic nitrogens is 2. The number of aliphatic hydroxyl groups excluding tert-OH is 1. The van der Waals surface area contributed by atoms with Crippen LogP contribution in [-0.4, -0.2) is 40.5 Å². The van der Waals surface area contributed by atoms with Crippen LogP contribution in [-0.2, 0) is 20.8 Å². The molecular formula is C25H28ClN3O4. The third kappa shape index (κ3) is 5.55. The number of amides is 1. The summed E-state index contributed by atoms with van der Waals surface area (Å²) >= 11 is 6.09. The van der Waals surface area contributed by atoms with Crippen molar-refractivity contribution in [3.63, 3.8) is 0 Å². The first kappa shape index (κ1) is 23.3. The van der Waals surface area contributed by atoms with Crippen LogP contribution in [0, 0.1) is 5.92 Å². The van der Waals surface area contributed by atoms with Gasteiger partial charge in [-0.15, -0.1) is 0 Å². The van der Waals surface area contributed by atoms with Gasteiger partial charge >= 0.3 is 0 Å². The maximum Gasteiger partial charge on any atom is 0.286 e. The number of rotatable bonds is 9. The highest BCUT2D eigenvalue weighted by Gasteiger charge is 2.37. The van der Waals surface area contributed by atoms with Crippen LogP contribution in [0.1, 0.15) is 37.1 Å². The Bertz CT molecular complexity index is 1080. The zero-order chi connectivity index (χ0) is 23.2. The van der Waals surface area contributed by atoms with Crippen molar-refractivity contribution < 1.29 is 19.4 Å². The minimum absolute atomic E-state index is 0.0507. The molecule has 174 valence electrons. The molecule has 4 rings (SSSR count). The number of aliphatic hydroxyl groups is 1. The number of nitrogens with one attached hydrogen (secondary N) is 2. The first-order valence-corrected chi connectivity index (χ1v) is 11.5. The highest BCUT2D eigenvalue weighted by atomic mass is 35.5. The molecule has 0 unspecified atom stereocenters. The summed E-state index contributed by atoms with van der Waals surface area (Å²) in [7, 11) is 0. The normalized spacial score (nSPS) is 20.3. The van der Waals surface area contributed by atoms with Crippen LogP contribution in [0.4, 0.5) is 0 Å². The molecule has 3 aromatic rings. The summed E-state index contributed by atoms with van der Waals surface area (Å²) in [6, 6.07) is 15.3. The van der Waals surface area contributed by atoms with E-state index >= 15 is 0 Å². The first-order valence-electron chi connectivity index (χ1n) is 11.2. The van der Waals surface area contributed by atoms with Gasteiger partial charge in [-0.25, -0.2) is 4.98 Å². The van der Waals surface area contributed by atoms with E-state index in [0.717, 1.165) is 16.6 Å². The van der Waals surface area contributed by atoms with Crippen LogP contribution in [0.2, 0.25) is 5.02 Å². The summed E-state index contributed by atoms with van der Waals surface area (Å²) in [5, 5.41) is 12.9. The topological polar surface area (TPSA) is 96.5 Å². The smallest absolute Gasteiger partial charge is 0.286 e. The number of imidazole rings is 1. The molecule has 3 N–H and O–H groups in total. The van der Waals surface area contributed by atoms with Gasteiger partial charge in [0.2, 0.25) is 6.29 Å². The van der Waals surface area contributed by atoms with Gasteiger partial charge in [-0.3, -0.25) is 4.79 Å². The third-order valence-corrected chi connectivity index (χ3v) is 6.00. The number of nitrogens with zero attached hydrogens (tertiary/aromatic N) is 1. The number of ether oxygens (including phenoxy) is 2. The van der Waals surface area contributed by atoms with Gasteiger partial charge in [0.15, 0.2) is 5.76 Å². The molecule has 1 amide bonds. The number of hydrogen-bond donors (Lipinski definition) is 3. The van der Waals surface area contributed by atoms with Crippen LogP contribution in [0.25, 0.3) is 11.0 Å². The maximum absolute atomic E-state index is 13.0. The summed E-state index contributed by atoms with van der Waals surface area (Å²) in [5.74, 6) is 0.373. The number of carbonyl (C=O) groups excluding carboxylic acids is 1. The molecule has 7 nitrogen and oxygen atoms in total. The molecule has 0 aliphatic carbocycles. The SMILES string of the molecule is CCO[C@@H]1OC(C(=O)NCc2nc3ccccc3[nH]2)=C[C@H](c2ccc(Cl)cc2)[C@H]1CCCO. The highest BCUT2D eigenvalue weighted by Crippen LogP contribution is 2.39. The first-order chi connectivity index (χ1) is 16.1. The van der Waals surface area contributed by atoms with E-state index in [9.17, 15) is 9.90 Å². The second-order valence-corrected chi connectivity index (χ2v) is 8.40. The number of fused-ring (bicyclic) bond motifs is 1. The van der Waals surface area contributed by atoms with E-state index in [2.05, 4.69) is 15.3 Å². The lowest BCUT2D eigenvalue weighted by Crippen LogP contribution is -2.39. The van der Waals surface area contributed by atoms with Crippen molar-refractivity contribution in [2.24, 2.45) is 5.92 Å². The van der Waals surface area contributed by atoms with Crippen LogP contribution >= 0.6 is 11.6 Å². The third-order valence-electron chi connectivity index (χ3n) is 5.74. The van der Waals surface area contributed by atoms with Gasteiger partial charge < -0.3 is 24.9 Å². The van der Waals surface area contributed by atoms with Crippen LogP contribution in [0.5, 0.6) is 0 Å². The average Bonchev–Trinajstić information content (AvgIpc) is 3.25. The molecule has 1 aromatic heterocycles. The fraction of sp³-hybridized carbons (Fsp3) is 0.360. The lowest BCUT2D eigenvalue weighted by Gasteiger charge is -2.37. The van der Waals surface area contributed by atoms with Crippen molar-refractivity contribution in [3.8, 4) is 0 Å². The number of H-pyrrole nitrogens is 1. The van der Waals surface area contributed by atoms with Crippen LogP contribution < -0.4 is 5.32 Å². The minimum atomic E-state index is -0.598. The molecule has 0 fully saturated rings. The molecule has 1 aliphatic rings. The number of allylic oxidation sites excluding steroid dienone is 1. The number of aromatic amines is 1. The second-order valence-electron chi connectivity index (χ2n) is 7.96. The Balaban J connectivity index is 1.56. The second kappa shape index (κ2) is 10.8. The molecule has 0 spiro atoms. The number of hydrogen-bond acceptors (Lipinski definition) is 5. The predicted molar refractivity (Wildman–Crippen MR) is 127 cm³/mol. The molecule has 1 aliphatic heterocycles. The van der Waals surface area contributed by atoms with Gasteiger partial charge in [-0.1, -0.05) is 35.9 Å². The largest absolute Gasteiger partial charge is 0.459 e. The van der Waals surface area contributed by atoms with E-state index in [-0.39, 0.29) is 36.7 Å². The molecule has 33 heavy (non-hydrogen) atoms. The predicted octanol–water partition coefficient (Wildman–Crippen LogP) is 4.28. The zero-order valence-electron chi connectivity index (χ0n) is 18.5. The lowest BCUT2D eigenvalue weighted by molar-refractivity contribution is -0.166. The molecule has 0 saturated carbocycles. The summed E-state index contributed by atoms with van der Waals surface area (Å²) in [6.07, 6.45) is 2.55. The Kier molecular flexibility index (Phi) is 7.65. The van der Waals surface area contributed by atoms with Crippen LogP contribution in [0.3, 0.4) is 0 Å². The molecule has 0 bridgehead atoms. The van der Waals surface area contributed by atoms with Gasteiger partial charge in [-0.2, -0.15) is 0 Å². The number of benzene rings is 2. The van der Waals surface area contributed by atoms with Crippen molar-refractivity contribution in [2.75, 3.05) is 13.2 Å². The lowest BCUT2D eigenvalue weighted by atomic mass is 9.80. The molecule has 0 radical (unpaired) electrons. The van der Waals surface area contributed by atoms with E-state index in [1.165, 1.54) is 0 Å². The number of carbonyl (C=O) groups is 1. The quantitative estimate of drug-likeness (QED) is 0.434. The molecule has 8 heteroatoms. The Hall–Kier alpha value is -2.87. The van der Waals surface area contributed by atoms with Gasteiger partial charge in [0, 0.05) is 30.1 Å². The molecule has 2 heterocycles. The maximum atomic E-state index is 13.0. The Morgan fingerprint density at radius 2 is 2.03 bits per heavy atom. The standard InChI is InChI=1S/C25H28ClN3O4/c1-2-32-25-18(6-5-13-30)19(16-9-11-17(26)12-10-16)14-22(33-25)24(31)27-15-23-28-20-7-3-4-8-21(20)29-23/h3-4,7-12,14,18-19,25,30H,2,5-6,13,15H2,1H3,(H,27,31)(H,28,29)/t18-,19-,25-/m1/s1. The monoisotopic (exact) mass is 469 g/mol. The Morgan fingerprint density at radius 1 is 1.24 bits per heavy atom. The summed E-state index contributed by atoms with van der Waals surface area (Å²) in [5.41, 5.74) is 2.78. The number of para-hydroxylation sites is 2. The van der Waals surface area contributed by atoms with E-state index in [1.54, 1.807) is 0 Å². The summed E-state index contributed by atoms with van der Waals surface area (Å²) in [4.78, 5) is 20.7. The van der Waals surface area contributed by atoms with Crippen molar-refractivity contribution in [1.29, 1.82) is 0 Å². The molecule has 2 aromatic carbocycles. The van der Waals surface area contributed by atoms with Crippen LogP contribution in [0.15, 0.2) is 60.4 Å². The van der Waals surface area contributed by atoms with Gasteiger partial charge in [0.25, 0.3) is 5.91 Å². The van der Waals surface area contributed by atoms with Gasteiger partial charge in [0.1, 0.15) is 5.82 Å². The van der Waals surface area contributed by atoms with E-state index < -0.39 is 6.29 Å². The molecule has 3 atom stereocenters. The van der Waals surface area contributed by atoms with E-state index in [1.807, 2.05) is 61.5 Å². The van der Waals surface area contributed by atoms with Crippen molar-refractivity contribution in [1.82, 2.24) is 15.3 Å².